The summed E-state index contributed by atoms with van der Waals surface area (Å²) in [5.41, 5.74) is 2.17. The molecule has 0 aliphatic heterocycles. The zero-order chi connectivity index (χ0) is 16.3. The van der Waals surface area contributed by atoms with Crippen molar-refractivity contribution in [1.82, 2.24) is 15.1 Å². The van der Waals surface area contributed by atoms with E-state index in [1.807, 2.05) is 13.1 Å². The van der Waals surface area contributed by atoms with Crippen LogP contribution in [0.25, 0.3) is 0 Å². The lowest BCUT2D eigenvalue weighted by molar-refractivity contribution is 0.543. The lowest BCUT2D eigenvalue weighted by Crippen LogP contribution is -2.32. The molecule has 0 atom stereocenters. The van der Waals surface area contributed by atoms with Crippen LogP contribution in [0.1, 0.15) is 45.9 Å². The molecular formula is C15H29N3O2S. The molecule has 0 spiro atoms. The summed E-state index contributed by atoms with van der Waals surface area (Å²) in [7, 11) is -3.11. The molecule has 1 rings (SSSR count). The van der Waals surface area contributed by atoms with E-state index in [0.717, 1.165) is 24.3 Å². The molecule has 6 heteroatoms. The molecule has 0 saturated heterocycles. The first-order valence-electron chi connectivity index (χ1n) is 7.49. The van der Waals surface area contributed by atoms with Gasteiger partial charge in [-0.15, -0.1) is 0 Å². The van der Waals surface area contributed by atoms with Gasteiger partial charge in [-0.3, -0.25) is 4.68 Å². The standard InChI is InChI=1S/C15H29N3O2S/c1-12(2)9-16-10-14-11-17-18(13(14)3)7-8-21(19,20)15(4,5)6/h11-12,16H,7-10H2,1-6H3. The summed E-state index contributed by atoms with van der Waals surface area (Å²) in [6, 6.07) is 0. The monoisotopic (exact) mass is 315 g/mol. The highest BCUT2D eigenvalue weighted by Gasteiger charge is 2.28. The number of sulfone groups is 1. The molecule has 122 valence electrons. The van der Waals surface area contributed by atoms with Gasteiger partial charge in [-0.2, -0.15) is 5.10 Å². The van der Waals surface area contributed by atoms with Crippen molar-refractivity contribution in [3.8, 4) is 0 Å². The van der Waals surface area contributed by atoms with E-state index in [0.29, 0.717) is 12.5 Å². The Morgan fingerprint density at radius 2 is 1.95 bits per heavy atom. The summed E-state index contributed by atoms with van der Waals surface area (Å²) < 4.78 is 25.3. The van der Waals surface area contributed by atoms with Crippen LogP contribution in [-0.4, -0.2) is 35.2 Å². The van der Waals surface area contributed by atoms with Gasteiger partial charge in [0.25, 0.3) is 0 Å². The molecule has 0 aromatic carbocycles. The summed E-state index contributed by atoms with van der Waals surface area (Å²) in [4.78, 5) is 0. The maximum atomic E-state index is 12.1. The number of nitrogens with zero attached hydrogens (tertiary/aromatic N) is 2. The fourth-order valence-corrected chi connectivity index (χ4v) is 2.92. The Kier molecular flexibility index (Phi) is 5.99. The van der Waals surface area contributed by atoms with Gasteiger partial charge < -0.3 is 5.32 Å². The Hall–Kier alpha value is -0.880. The predicted molar refractivity (Wildman–Crippen MR) is 87.0 cm³/mol. The van der Waals surface area contributed by atoms with Crippen LogP contribution in [0, 0.1) is 12.8 Å². The van der Waals surface area contributed by atoms with Gasteiger partial charge >= 0.3 is 0 Å². The van der Waals surface area contributed by atoms with E-state index in [1.54, 1.807) is 25.5 Å². The van der Waals surface area contributed by atoms with E-state index < -0.39 is 14.6 Å². The van der Waals surface area contributed by atoms with E-state index in [4.69, 9.17) is 0 Å². The van der Waals surface area contributed by atoms with E-state index in [2.05, 4.69) is 24.3 Å². The number of hydrogen-bond donors (Lipinski definition) is 1. The summed E-state index contributed by atoms with van der Waals surface area (Å²) in [5.74, 6) is 0.731. The Morgan fingerprint density at radius 3 is 2.48 bits per heavy atom. The SMILES string of the molecule is Cc1c(CNCC(C)C)cnn1CCS(=O)(=O)C(C)(C)C. The smallest absolute Gasteiger partial charge is 0.157 e. The Bertz CT molecular complexity index is 554. The van der Waals surface area contributed by atoms with Crippen molar-refractivity contribution in [1.29, 1.82) is 0 Å². The van der Waals surface area contributed by atoms with Gasteiger partial charge in [0.15, 0.2) is 9.84 Å². The van der Waals surface area contributed by atoms with Crippen molar-refractivity contribution < 1.29 is 8.42 Å². The van der Waals surface area contributed by atoms with Gasteiger partial charge in [0, 0.05) is 17.8 Å². The fourth-order valence-electron chi connectivity index (χ4n) is 1.89. The van der Waals surface area contributed by atoms with Crippen molar-refractivity contribution >= 4 is 9.84 Å². The highest BCUT2D eigenvalue weighted by molar-refractivity contribution is 7.92. The first kappa shape index (κ1) is 18.2. The minimum Gasteiger partial charge on any atom is -0.312 e. The maximum absolute atomic E-state index is 12.1. The largest absolute Gasteiger partial charge is 0.312 e. The summed E-state index contributed by atoms with van der Waals surface area (Å²) >= 11 is 0. The molecule has 0 aliphatic rings. The zero-order valence-corrected chi connectivity index (χ0v) is 14.9. The van der Waals surface area contributed by atoms with Gasteiger partial charge in [0.1, 0.15) is 0 Å². The molecule has 21 heavy (non-hydrogen) atoms. The highest BCUT2D eigenvalue weighted by Crippen LogP contribution is 2.17. The van der Waals surface area contributed by atoms with Crippen molar-refractivity contribution in [3.63, 3.8) is 0 Å². The molecule has 0 bridgehead atoms. The number of hydrogen-bond acceptors (Lipinski definition) is 4. The van der Waals surface area contributed by atoms with Crippen molar-refractivity contribution in [2.75, 3.05) is 12.3 Å². The molecule has 1 aromatic heterocycles. The molecule has 1 heterocycles. The zero-order valence-electron chi connectivity index (χ0n) is 14.1. The van der Waals surface area contributed by atoms with E-state index >= 15 is 0 Å². The molecule has 5 nitrogen and oxygen atoms in total. The van der Waals surface area contributed by atoms with Gasteiger partial charge in [0.05, 0.1) is 23.2 Å². The minimum atomic E-state index is -3.11. The molecule has 0 aliphatic carbocycles. The van der Waals surface area contributed by atoms with Crippen molar-refractivity contribution in [2.24, 2.45) is 5.92 Å². The van der Waals surface area contributed by atoms with E-state index in [1.165, 1.54) is 0 Å². The summed E-state index contributed by atoms with van der Waals surface area (Å²) in [6.07, 6.45) is 1.83. The molecule has 1 aromatic rings. The van der Waals surface area contributed by atoms with Crippen LogP contribution in [0.15, 0.2) is 6.20 Å². The average Bonchev–Trinajstić information content (AvgIpc) is 2.67. The number of aromatic nitrogens is 2. The lowest BCUT2D eigenvalue weighted by Gasteiger charge is -2.19. The maximum Gasteiger partial charge on any atom is 0.157 e. The second-order valence-electron chi connectivity index (χ2n) is 6.93. The summed E-state index contributed by atoms with van der Waals surface area (Å²) in [5, 5.41) is 7.69. The topological polar surface area (TPSA) is 64.0 Å². The average molecular weight is 315 g/mol. The molecule has 0 fully saturated rings. The van der Waals surface area contributed by atoms with Gasteiger partial charge in [-0.05, 0) is 40.2 Å². The normalized spacial score (nSPS) is 13.1. The first-order valence-corrected chi connectivity index (χ1v) is 9.14. The third kappa shape index (κ3) is 5.11. The van der Waals surface area contributed by atoms with Crippen LogP contribution in [0.4, 0.5) is 0 Å². The number of nitrogens with one attached hydrogen (secondary N) is 1. The Balaban J connectivity index is 2.64. The highest BCUT2D eigenvalue weighted by atomic mass is 32.2. The molecule has 0 radical (unpaired) electrons. The number of aryl methyl sites for hydroxylation is 1. The number of rotatable bonds is 7. The van der Waals surface area contributed by atoms with Gasteiger partial charge in [0.2, 0.25) is 0 Å². The lowest BCUT2D eigenvalue weighted by atomic mass is 10.2. The molecule has 0 unspecified atom stereocenters. The van der Waals surface area contributed by atoms with Crippen molar-refractivity contribution in [2.45, 2.75) is 59.4 Å². The summed E-state index contributed by atoms with van der Waals surface area (Å²) in [6.45, 7) is 13.7. The third-order valence-electron chi connectivity index (χ3n) is 3.58. The van der Waals surface area contributed by atoms with Crippen LogP contribution in [0.3, 0.4) is 0 Å². The van der Waals surface area contributed by atoms with Gasteiger partial charge in [-0.25, -0.2) is 8.42 Å². The first-order chi connectivity index (χ1) is 9.54. The van der Waals surface area contributed by atoms with Gasteiger partial charge in [-0.1, -0.05) is 13.8 Å². The molecular weight excluding hydrogens is 286 g/mol. The molecule has 0 amide bonds. The van der Waals surface area contributed by atoms with E-state index in [9.17, 15) is 8.42 Å². The second-order valence-corrected chi connectivity index (χ2v) is 9.80. The van der Waals surface area contributed by atoms with Crippen LogP contribution in [0.5, 0.6) is 0 Å². The minimum absolute atomic E-state index is 0.123. The molecule has 1 N–H and O–H groups in total. The second kappa shape index (κ2) is 6.92. The fraction of sp³-hybridized carbons (Fsp3) is 0.800. The quantitative estimate of drug-likeness (QED) is 0.837. The predicted octanol–water partition coefficient (Wildman–Crippen LogP) is 2.15. The Labute approximate surface area is 129 Å². The van der Waals surface area contributed by atoms with Crippen LogP contribution < -0.4 is 5.32 Å². The van der Waals surface area contributed by atoms with Crippen LogP contribution >= 0.6 is 0 Å². The van der Waals surface area contributed by atoms with Crippen LogP contribution in [0.2, 0.25) is 0 Å². The third-order valence-corrected chi connectivity index (χ3v) is 6.16. The Morgan fingerprint density at radius 1 is 1.33 bits per heavy atom. The van der Waals surface area contributed by atoms with Crippen LogP contribution in [-0.2, 0) is 22.9 Å². The van der Waals surface area contributed by atoms with Crippen molar-refractivity contribution in [3.05, 3.63) is 17.5 Å². The molecule has 0 saturated carbocycles. The van der Waals surface area contributed by atoms with E-state index in [-0.39, 0.29) is 5.75 Å².